The molecule has 1 rings (SSSR count). The molecule has 0 atom stereocenters. The molecule has 5 heteroatoms. The van der Waals surface area contributed by atoms with Gasteiger partial charge in [-0.15, -0.1) is 0 Å². The zero-order valence-electron chi connectivity index (χ0n) is 7.78. The third kappa shape index (κ3) is 3.24. The van der Waals surface area contributed by atoms with Gasteiger partial charge in [0.05, 0.1) is 7.18 Å². The highest BCUT2D eigenvalue weighted by Gasteiger charge is 2.07. The van der Waals surface area contributed by atoms with E-state index in [-0.39, 0.29) is 5.56 Å². The fraction of sp³-hybridized carbons (Fsp3) is 0.333. The predicted molar refractivity (Wildman–Crippen MR) is 44.7 cm³/mol. The van der Waals surface area contributed by atoms with Crippen LogP contribution < -0.4 is 4.74 Å². The summed E-state index contributed by atoms with van der Waals surface area (Å²) in [4.78, 5) is 0. The van der Waals surface area contributed by atoms with E-state index in [0.29, 0.717) is 7.18 Å². The molecule has 0 aliphatic carbocycles. The van der Waals surface area contributed by atoms with Crippen molar-refractivity contribution < 1.29 is 22.3 Å². The van der Waals surface area contributed by atoms with E-state index in [0.717, 1.165) is 12.1 Å². The average molecular weight is 210 g/mol. The molecule has 0 unspecified atom stereocenters. The highest BCUT2D eigenvalue weighted by molar-refractivity contribution is 5.29. The van der Waals surface area contributed by atoms with Gasteiger partial charge in [-0.25, -0.2) is 13.2 Å². The second-order valence-electron chi connectivity index (χ2n) is 2.29. The first-order chi connectivity index (χ1) is 6.65. The van der Waals surface area contributed by atoms with Crippen LogP contribution in [0.1, 0.15) is 5.56 Å². The lowest BCUT2D eigenvalue weighted by atomic mass is 10.2. The number of hydrogen-bond donors (Lipinski definition) is 0. The van der Waals surface area contributed by atoms with Crippen molar-refractivity contribution in [1.29, 1.82) is 0 Å². The van der Waals surface area contributed by atoms with Crippen molar-refractivity contribution in [3.63, 3.8) is 0 Å². The molecule has 0 bridgehead atoms. The lowest BCUT2D eigenvalue weighted by Crippen LogP contribution is -1.95. The van der Waals surface area contributed by atoms with E-state index in [9.17, 15) is 17.6 Å². The monoisotopic (exact) mass is 210 g/mol. The molecule has 0 saturated carbocycles. The van der Waals surface area contributed by atoms with Crippen LogP contribution in [-0.4, -0.2) is 14.0 Å². The predicted octanol–water partition coefficient (Wildman–Crippen LogP) is 3.16. The van der Waals surface area contributed by atoms with Crippen LogP contribution in [0.15, 0.2) is 12.1 Å². The summed E-state index contributed by atoms with van der Waals surface area (Å²) < 4.78 is 50.7. The maximum Gasteiger partial charge on any atom is 0.228 e. The summed E-state index contributed by atoms with van der Waals surface area (Å²) in [7, 11) is 0.500. The first-order valence-electron chi connectivity index (χ1n) is 3.67. The SMILES string of the molecule is CF.Cc1cc(F)c(OCF)cc1F. The largest absolute Gasteiger partial charge is 0.460 e. The van der Waals surface area contributed by atoms with Gasteiger partial charge in [-0.3, -0.25) is 4.39 Å². The summed E-state index contributed by atoms with van der Waals surface area (Å²) in [6.07, 6.45) is 0. The van der Waals surface area contributed by atoms with E-state index in [1.807, 2.05) is 0 Å². The topological polar surface area (TPSA) is 9.23 Å². The summed E-state index contributed by atoms with van der Waals surface area (Å²) in [6, 6.07) is 1.78. The molecular formula is C9H10F4O. The van der Waals surface area contributed by atoms with Crippen LogP contribution in [-0.2, 0) is 0 Å². The first-order valence-corrected chi connectivity index (χ1v) is 3.67. The fourth-order valence-corrected chi connectivity index (χ4v) is 0.797. The standard InChI is InChI=1S/C8H7F3O.CH3F/c1-5-2-7(11)8(12-4-9)3-6(5)10;1-2/h2-3H,4H2,1H3;1H3. The average Bonchev–Trinajstić information content (AvgIpc) is 2.18. The highest BCUT2D eigenvalue weighted by Crippen LogP contribution is 2.20. The van der Waals surface area contributed by atoms with Crippen LogP contribution in [0.5, 0.6) is 5.75 Å². The molecule has 0 aromatic heterocycles. The number of hydrogen-bond acceptors (Lipinski definition) is 1. The Balaban J connectivity index is 0.000000791. The second kappa shape index (κ2) is 6.23. The number of aryl methyl sites for hydroxylation is 1. The van der Waals surface area contributed by atoms with Gasteiger partial charge in [-0.1, -0.05) is 0 Å². The third-order valence-corrected chi connectivity index (χ3v) is 1.42. The van der Waals surface area contributed by atoms with Crippen molar-refractivity contribution in [2.75, 3.05) is 14.0 Å². The minimum atomic E-state index is -1.17. The molecule has 0 saturated heterocycles. The lowest BCUT2D eigenvalue weighted by molar-refractivity contribution is 0.183. The van der Waals surface area contributed by atoms with Gasteiger partial charge < -0.3 is 4.74 Å². The third-order valence-electron chi connectivity index (χ3n) is 1.42. The summed E-state index contributed by atoms with van der Waals surface area (Å²) in [5, 5.41) is 0. The van der Waals surface area contributed by atoms with Crippen LogP contribution in [0, 0.1) is 18.6 Å². The smallest absolute Gasteiger partial charge is 0.228 e. The van der Waals surface area contributed by atoms with Gasteiger partial charge in [0.2, 0.25) is 6.86 Å². The van der Waals surface area contributed by atoms with Crippen molar-refractivity contribution >= 4 is 0 Å². The molecule has 0 N–H and O–H groups in total. The van der Waals surface area contributed by atoms with Crippen molar-refractivity contribution in [3.05, 3.63) is 29.3 Å². The van der Waals surface area contributed by atoms with Crippen LogP contribution in [0.3, 0.4) is 0 Å². The molecule has 1 nitrogen and oxygen atoms in total. The molecule has 0 aliphatic heterocycles. The van der Waals surface area contributed by atoms with Crippen LogP contribution >= 0.6 is 0 Å². The van der Waals surface area contributed by atoms with Crippen molar-refractivity contribution in [2.45, 2.75) is 6.92 Å². The van der Waals surface area contributed by atoms with Gasteiger partial charge in [-0.05, 0) is 18.6 Å². The Kier molecular flexibility index (Phi) is 5.67. The van der Waals surface area contributed by atoms with Gasteiger partial charge >= 0.3 is 0 Å². The van der Waals surface area contributed by atoms with Crippen molar-refractivity contribution in [3.8, 4) is 5.75 Å². The molecule has 0 heterocycles. The molecule has 0 fully saturated rings. The highest BCUT2D eigenvalue weighted by atomic mass is 19.1. The van der Waals surface area contributed by atoms with E-state index >= 15 is 0 Å². The van der Waals surface area contributed by atoms with Gasteiger partial charge in [-0.2, -0.15) is 0 Å². The van der Waals surface area contributed by atoms with Crippen molar-refractivity contribution in [1.82, 2.24) is 0 Å². The van der Waals surface area contributed by atoms with E-state index in [1.165, 1.54) is 6.92 Å². The van der Waals surface area contributed by atoms with Gasteiger partial charge in [0.15, 0.2) is 11.6 Å². The Morgan fingerprint density at radius 3 is 2.21 bits per heavy atom. The lowest BCUT2D eigenvalue weighted by Gasteiger charge is -2.03. The molecule has 14 heavy (non-hydrogen) atoms. The van der Waals surface area contributed by atoms with E-state index in [4.69, 9.17) is 0 Å². The molecule has 0 amide bonds. The molecule has 80 valence electrons. The van der Waals surface area contributed by atoms with E-state index in [1.54, 1.807) is 0 Å². The van der Waals surface area contributed by atoms with E-state index in [2.05, 4.69) is 4.74 Å². The Morgan fingerprint density at radius 2 is 1.71 bits per heavy atom. The number of ether oxygens (including phenoxy) is 1. The molecule has 1 aromatic rings. The number of alkyl halides is 2. The Labute approximate surface area is 79.3 Å². The molecule has 0 radical (unpaired) electrons. The summed E-state index contributed by atoms with van der Waals surface area (Å²) in [6.45, 7) is 0.247. The minimum Gasteiger partial charge on any atom is -0.460 e. The summed E-state index contributed by atoms with van der Waals surface area (Å²) in [5.41, 5.74) is 0.165. The molecule has 1 aromatic carbocycles. The van der Waals surface area contributed by atoms with Gasteiger partial charge in [0.1, 0.15) is 5.82 Å². The maximum atomic E-state index is 12.8. The Morgan fingerprint density at radius 1 is 1.14 bits per heavy atom. The van der Waals surface area contributed by atoms with E-state index < -0.39 is 24.2 Å². The molecular weight excluding hydrogens is 200 g/mol. The number of benzene rings is 1. The quantitative estimate of drug-likeness (QED) is 0.681. The van der Waals surface area contributed by atoms with Gasteiger partial charge in [0.25, 0.3) is 0 Å². The van der Waals surface area contributed by atoms with Crippen LogP contribution in [0.25, 0.3) is 0 Å². The van der Waals surface area contributed by atoms with Crippen molar-refractivity contribution in [2.24, 2.45) is 0 Å². The fourth-order valence-electron chi connectivity index (χ4n) is 0.797. The second-order valence-corrected chi connectivity index (χ2v) is 2.29. The molecule has 0 spiro atoms. The molecule has 0 aliphatic rings. The first kappa shape index (κ1) is 12.7. The minimum absolute atomic E-state index is 0.165. The normalized spacial score (nSPS) is 9.00. The zero-order chi connectivity index (χ0) is 11.1. The Bertz CT molecular complexity index is 288. The number of halogens is 4. The maximum absolute atomic E-state index is 12.8. The zero-order valence-corrected chi connectivity index (χ0v) is 7.78. The van der Waals surface area contributed by atoms with Gasteiger partial charge in [0, 0.05) is 6.07 Å². The van der Waals surface area contributed by atoms with Crippen LogP contribution in [0.2, 0.25) is 0 Å². The summed E-state index contributed by atoms with van der Waals surface area (Å²) >= 11 is 0. The summed E-state index contributed by atoms with van der Waals surface area (Å²) in [5.74, 6) is -1.77. The van der Waals surface area contributed by atoms with Crippen LogP contribution in [0.4, 0.5) is 17.6 Å². The number of rotatable bonds is 2. The Hall–Kier alpha value is -1.26.